The molecule has 0 bridgehead atoms. The van der Waals surface area contributed by atoms with Gasteiger partial charge in [0.1, 0.15) is 0 Å². The van der Waals surface area contributed by atoms with Crippen molar-refractivity contribution in [1.29, 1.82) is 0 Å². The van der Waals surface area contributed by atoms with Crippen LogP contribution < -0.4 is 5.32 Å². The van der Waals surface area contributed by atoms with Crippen molar-refractivity contribution in [1.82, 2.24) is 25.0 Å². The van der Waals surface area contributed by atoms with Gasteiger partial charge in [0.15, 0.2) is 5.13 Å². The number of nitrogens with one attached hydrogen (secondary N) is 2. The van der Waals surface area contributed by atoms with E-state index in [1.54, 1.807) is 6.20 Å². The Labute approximate surface area is 156 Å². The van der Waals surface area contributed by atoms with Gasteiger partial charge in [-0.2, -0.15) is 5.10 Å². The minimum Gasteiger partial charge on any atom is -0.379 e. The molecule has 2 saturated heterocycles. The molecule has 0 spiro atoms. The topological polar surface area (TPSA) is 86.4 Å². The van der Waals surface area contributed by atoms with Crippen LogP contribution in [0.5, 0.6) is 0 Å². The van der Waals surface area contributed by atoms with E-state index in [4.69, 9.17) is 4.74 Å². The monoisotopic (exact) mass is 376 g/mol. The zero-order valence-corrected chi connectivity index (χ0v) is 15.5. The highest BCUT2D eigenvalue weighted by atomic mass is 32.1. The van der Waals surface area contributed by atoms with Crippen LogP contribution in [-0.4, -0.2) is 63.9 Å². The number of aromatic nitrogens is 3. The highest BCUT2D eigenvalue weighted by molar-refractivity contribution is 7.13. The number of anilines is 1. The summed E-state index contributed by atoms with van der Waals surface area (Å²) < 4.78 is 5.37. The number of carbonyl (C=O) groups is 1. The molecule has 0 aromatic carbocycles. The molecule has 2 fully saturated rings. The molecule has 4 heterocycles. The lowest BCUT2D eigenvalue weighted by atomic mass is 10.00. The first-order chi connectivity index (χ1) is 12.8. The SMILES string of the molecule is O=C(Nc1nc(CN2CCOCC2)cs1)N1CCCCC1c1ccn[nH]1. The van der Waals surface area contributed by atoms with E-state index < -0.39 is 0 Å². The molecule has 2 aromatic rings. The van der Waals surface area contributed by atoms with E-state index in [0.717, 1.165) is 70.0 Å². The van der Waals surface area contributed by atoms with Gasteiger partial charge in [0, 0.05) is 37.8 Å². The number of amides is 2. The van der Waals surface area contributed by atoms with E-state index in [0.29, 0.717) is 5.13 Å². The van der Waals surface area contributed by atoms with Crippen molar-refractivity contribution in [3.8, 4) is 0 Å². The Balaban J connectivity index is 1.37. The smallest absolute Gasteiger partial charge is 0.324 e. The fourth-order valence-corrected chi connectivity index (χ4v) is 4.23. The Hall–Kier alpha value is -1.97. The van der Waals surface area contributed by atoms with E-state index in [2.05, 4.69) is 25.4 Å². The number of nitrogens with zero attached hydrogens (tertiary/aromatic N) is 4. The van der Waals surface area contributed by atoms with Crippen LogP contribution in [0.2, 0.25) is 0 Å². The Morgan fingerprint density at radius 1 is 1.35 bits per heavy atom. The molecule has 9 heteroatoms. The lowest BCUT2D eigenvalue weighted by Crippen LogP contribution is -2.41. The summed E-state index contributed by atoms with van der Waals surface area (Å²) in [6.45, 7) is 4.96. The maximum atomic E-state index is 12.8. The Bertz CT molecular complexity index is 713. The van der Waals surface area contributed by atoms with Crippen LogP contribution in [0.15, 0.2) is 17.6 Å². The summed E-state index contributed by atoms with van der Waals surface area (Å²) in [6.07, 6.45) is 4.83. The number of urea groups is 1. The number of hydrogen-bond acceptors (Lipinski definition) is 6. The molecular weight excluding hydrogens is 352 g/mol. The van der Waals surface area contributed by atoms with Crippen LogP contribution in [0, 0.1) is 0 Å². The number of ether oxygens (including phenoxy) is 1. The van der Waals surface area contributed by atoms with Crippen molar-refractivity contribution in [2.24, 2.45) is 0 Å². The summed E-state index contributed by atoms with van der Waals surface area (Å²) >= 11 is 1.48. The number of piperidine rings is 1. The number of morpholine rings is 1. The third kappa shape index (κ3) is 4.05. The normalized spacial score (nSPS) is 21.7. The molecule has 2 amide bonds. The predicted octanol–water partition coefficient (Wildman–Crippen LogP) is 2.46. The van der Waals surface area contributed by atoms with Gasteiger partial charge in [0.25, 0.3) is 0 Å². The van der Waals surface area contributed by atoms with E-state index in [9.17, 15) is 4.79 Å². The zero-order valence-electron chi connectivity index (χ0n) is 14.7. The van der Waals surface area contributed by atoms with Gasteiger partial charge < -0.3 is 9.64 Å². The average molecular weight is 376 g/mol. The van der Waals surface area contributed by atoms with Gasteiger partial charge in [-0.3, -0.25) is 15.3 Å². The second-order valence-electron chi connectivity index (χ2n) is 6.68. The Morgan fingerprint density at radius 2 is 2.23 bits per heavy atom. The molecule has 0 radical (unpaired) electrons. The maximum absolute atomic E-state index is 12.8. The minimum atomic E-state index is -0.0865. The summed E-state index contributed by atoms with van der Waals surface area (Å²) in [7, 11) is 0. The van der Waals surface area contributed by atoms with Gasteiger partial charge in [-0.25, -0.2) is 9.78 Å². The van der Waals surface area contributed by atoms with Crippen molar-refractivity contribution in [2.75, 3.05) is 38.2 Å². The van der Waals surface area contributed by atoms with Crippen LogP contribution in [-0.2, 0) is 11.3 Å². The van der Waals surface area contributed by atoms with Crippen molar-refractivity contribution in [2.45, 2.75) is 31.8 Å². The maximum Gasteiger partial charge on any atom is 0.324 e. The van der Waals surface area contributed by atoms with Crippen molar-refractivity contribution in [3.05, 3.63) is 29.0 Å². The van der Waals surface area contributed by atoms with Crippen molar-refractivity contribution >= 4 is 22.5 Å². The van der Waals surface area contributed by atoms with E-state index in [1.165, 1.54) is 11.3 Å². The summed E-state index contributed by atoms with van der Waals surface area (Å²) in [6, 6.07) is 1.91. The minimum absolute atomic E-state index is 0.0547. The molecule has 1 atom stereocenters. The van der Waals surface area contributed by atoms with Gasteiger partial charge in [-0.05, 0) is 25.3 Å². The largest absolute Gasteiger partial charge is 0.379 e. The third-order valence-corrected chi connectivity index (χ3v) is 5.71. The van der Waals surface area contributed by atoms with Crippen LogP contribution in [0.1, 0.15) is 36.7 Å². The fraction of sp³-hybridized carbons (Fsp3) is 0.588. The number of aromatic amines is 1. The average Bonchev–Trinajstić information content (AvgIpc) is 3.35. The number of likely N-dealkylation sites (tertiary alicyclic amines) is 1. The molecule has 140 valence electrons. The van der Waals surface area contributed by atoms with Crippen LogP contribution in [0.4, 0.5) is 9.93 Å². The molecule has 26 heavy (non-hydrogen) atoms. The quantitative estimate of drug-likeness (QED) is 0.856. The highest BCUT2D eigenvalue weighted by Gasteiger charge is 2.29. The number of rotatable bonds is 4. The Morgan fingerprint density at radius 3 is 3.04 bits per heavy atom. The van der Waals surface area contributed by atoms with Crippen molar-refractivity contribution in [3.63, 3.8) is 0 Å². The van der Waals surface area contributed by atoms with Gasteiger partial charge in [-0.15, -0.1) is 11.3 Å². The van der Waals surface area contributed by atoms with Crippen LogP contribution in [0.25, 0.3) is 0 Å². The van der Waals surface area contributed by atoms with Gasteiger partial charge in [0.2, 0.25) is 0 Å². The van der Waals surface area contributed by atoms with Crippen LogP contribution in [0.3, 0.4) is 0 Å². The molecule has 0 aliphatic carbocycles. The second kappa shape index (κ2) is 8.15. The molecule has 8 nitrogen and oxygen atoms in total. The lowest BCUT2D eigenvalue weighted by Gasteiger charge is -2.34. The molecule has 2 aliphatic rings. The molecule has 2 aromatic heterocycles. The Kier molecular flexibility index (Phi) is 5.47. The predicted molar refractivity (Wildman–Crippen MR) is 99.1 cm³/mol. The summed E-state index contributed by atoms with van der Waals surface area (Å²) in [4.78, 5) is 21.6. The number of H-pyrrole nitrogens is 1. The number of thiazole rings is 1. The number of carbonyl (C=O) groups excluding carboxylic acids is 1. The van der Waals surface area contributed by atoms with Gasteiger partial charge in [0.05, 0.1) is 30.6 Å². The van der Waals surface area contributed by atoms with Gasteiger partial charge in [-0.1, -0.05) is 0 Å². The summed E-state index contributed by atoms with van der Waals surface area (Å²) in [5.41, 5.74) is 1.99. The van der Waals surface area contributed by atoms with E-state index in [1.807, 2.05) is 16.3 Å². The molecule has 0 saturated carbocycles. The second-order valence-corrected chi connectivity index (χ2v) is 7.54. The zero-order chi connectivity index (χ0) is 17.8. The lowest BCUT2D eigenvalue weighted by molar-refractivity contribution is 0.0337. The molecule has 4 rings (SSSR count). The third-order valence-electron chi connectivity index (χ3n) is 4.90. The summed E-state index contributed by atoms with van der Waals surface area (Å²) in [5, 5.41) is 12.7. The first kappa shape index (κ1) is 17.4. The van der Waals surface area contributed by atoms with Crippen LogP contribution >= 0.6 is 11.3 Å². The molecule has 2 aliphatic heterocycles. The standard InChI is InChI=1S/C17H24N6O2S/c24-17(23-6-2-1-3-15(23)14-4-5-18-21-14)20-16-19-13(12-26-16)11-22-7-9-25-10-8-22/h4-5,12,15H,1-3,6-11H2,(H,18,21)(H,19,20,24). The first-order valence-electron chi connectivity index (χ1n) is 9.11. The molecule has 2 N–H and O–H groups in total. The molecular formula is C17H24N6O2S. The fourth-order valence-electron chi connectivity index (χ4n) is 3.54. The highest BCUT2D eigenvalue weighted by Crippen LogP contribution is 2.30. The molecule has 1 unspecified atom stereocenters. The number of hydrogen-bond donors (Lipinski definition) is 2. The summed E-state index contributed by atoms with van der Waals surface area (Å²) in [5.74, 6) is 0. The van der Waals surface area contributed by atoms with Gasteiger partial charge >= 0.3 is 6.03 Å². The first-order valence-corrected chi connectivity index (χ1v) is 9.99. The van der Waals surface area contributed by atoms with E-state index >= 15 is 0 Å². The van der Waals surface area contributed by atoms with Crippen molar-refractivity contribution < 1.29 is 9.53 Å². The van der Waals surface area contributed by atoms with E-state index in [-0.39, 0.29) is 12.1 Å².